The summed E-state index contributed by atoms with van der Waals surface area (Å²) in [5.74, 6) is -1.06. The molecule has 17 heavy (non-hydrogen) atoms. The van der Waals surface area contributed by atoms with Gasteiger partial charge >= 0.3 is 5.97 Å². The molecule has 0 radical (unpaired) electrons. The Morgan fingerprint density at radius 3 is 2.76 bits per heavy atom. The molecule has 0 bridgehead atoms. The lowest BCUT2D eigenvalue weighted by atomic mass is 10.2. The SMILES string of the molecule is COCCC(C)S(=O)(=O)N1CCCC1C(=O)O. The monoisotopic (exact) mass is 265 g/mol. The summed E-state index contributed by atoms with van der Waals surface area (Å²) in [4.78, 5) is 11.0. The minimum absolute atomic E-state index is 0.302. The van der Waals surface area contributed by atoms with E-state index < -0.39 is 27.3 Å². The highest BCUT2D eigenvalue weighted by Gasteiger charge is 2.40. The molecule has 2 atom stereocenters. The van der Waals surface area contributed by atoms with Gasteiger partial charge in [0, 0.05) is 20.3 Å². The molecule has 7 heteroatoms. The quantitative estimate of drug-likeness (QED) is 0.746. The first-order chi connectivity index (χ1) is 7.91. The van der Waals surface area contributed by atoms with E-state index in [-0.39, 0.29) is 0 Å². The molecule has 1 aliphatic rings. The lowest BCUT2D eigenvalue weighted by Crippen LogP contribution is -2.44. The van der Waals surface area contributed by atoms with Crippen LogP contribution in [0.1, 0.15) is 26.2 Å². The summed E-state index contributed by atoms with van der Waals surface area (Å²) in [5.41, 5.74) is 0. The second-order valence-electron chi connectivity index (χ2n) is 4.24. The van der Waals surface area contributed by atoms with Gasteiger partial charge in [0.05, 0.1) is 5.25 Å². The predicted octanol–water partition coefficient (Wildman–Crippen LogP) is 0.290. The number of aliphatic carboxylic acids is 1. The normalized spacial score (nSPS) is 23.8. The van der Waals surface area contributed by atoms with Gasteiger partial charge in [-0.15, -0.1) is 0 Å². The summed E-state index contributed by atoms with van der Waals surface area (Å²) >= 11 is 0. The van der Waals surface area contributed by atoms with E-state index in [0.29, 0.717) is 32.4 Å². The molecule has 1 rings (SSSR count). The second kappa shape index (κ2) is 5.79. The zero-order chi connectivity index (χ0) is 13.1. The number of rotatable bonds is 6. The standard InChI is InChI=1S/C10H19NO5S/c1-8(5-7-16-2)17(14,15)11-6-3-4-9(11)10(12)13/h8-9H,3-7H2,1-2H3,(H,12,13). The van der Waals surface area contributed by atoms with Crippen LogP contribution in [-0.2, 0) is 19.6 Å². The van der Waals surface area contributed by atoms with Crippen LogP contribution < -0.4 is 0 Å². The molecular formula is C10H19NO5S. The van der Waals surface area contributed by atoms with Crippen molar-refractivity contribution < 1.29 is 23.1 Å². The van der Waals surface area contributed by atoms with E-state index in [4.69, 9.17) is 9.84 Å². The van der Waals surface area contributed by atoms with E-state index in [1.165, 1.54) is 7.11 Å². The van der Waals surface area contributed by atoms with Crippen LogP contribution in [0.4, 0.5) is 0 Å². The fraction of sp³-hybridized carbons (Fsp3) is 0.900. The third-order valence-corrected chi connectivity index (χ3v) is 5.40. The van der Waals surface area contributed by atoms with Gasteiger partial charge in [0.15, 0.2) is 0 Å². The molecule has 0 saturated carbocycles. The van der Waals surface area contributed by atoms with Crippen LogP contribution in [-0.4, -0.2) is 55.4 Å². The number of nitrogens with zero attached hydrogens (tertiary/aromatic N) is 1. The van der Waals surface area contributed by atoms with Crippen molar-refractivity contribution in [3.63, 3.8) is 0 Å². The Balaban J connectivity index is 2.78. The average molecular weight is 265 g/mol. The van der Waals surface area contributed by atoms with E-state index in [0.717, 1.165) is 4.31 Å². The summed E-state index contributed by atoms with van der Waals surface area (Å²) in [6, 6.07) is -0.898. The molecule has 1 saturated heterocycles. The molecule has 1 aliphatic heterocycles. The van der Waals surface area contributed by atoms with E-state index in [1.54, 1.807) is 6.92 Å². The van der Waals surface area contributed by atoms with Crippen LogP contribution in [0.5, 0.6) is 0 Å². The lowest BCUT2D eigenvalue weighted by Gasteiger charge is -2.24. The van der Waals surface area contributed by atoms with Crippen LogP contribution in [0.3, 0.4) is 0 Å². The molecule has 100 valence electrons. The minimum Gasteiger partial charge on any atom is -0.480 e. The molecule has 0 aliphatic carbocycles. The minimum atomic E-state index is -3.53. The van der Waals surface area contributed by atoms with Crippen molar-refractivity contribution in [1.29, 1.82) is 0 Å². The van der Waals surface area contributed by atoms with E-state index in [9.17, 15) is 13.2 Å². The van der Waals surface area contributed by atoms with Crippen molar-refractivity contribution in [3.8, 4) is 0 Å². The molecule has 0 spiro atoms. The Labute approximate surface area is 102 Å². The summed E-state index contributed by atoms with van der Waals surface area (Å²) in [5, 5.41) is 8.37. The van der Waals surface area contributed by atoms with Crippen LogP contribution in [0, 0.1) is 0 Å². The van der Waals surface area contributed by atoms with Gasteiger partial charge in [-0.25, -0.2) is 8.42 Å². The molecule has 0 aromatic rings. The summed E-state index contributed by atoms with van der Waals surface area (Å²) in [7, 11) is -2.02. The van der Waals surface area contributed by atoms with Crippen molar-refractivity contribution in [2.45, 2.75) is 37.5 Å². The molecule has 1 N–H and O–H groups in total. The van der Waals surface area contributed by atoms with E-state index >= 15 is 0 Å². The molecule has 0 amide bonds. The highest BCUT2D eigenvalue weighted by atomic mass is 32.2. The lowest BCUT2D eigenvalue weighted by molar-refractivity contribution is -0.140. The predicted molar refractivity (Wildman–Crippen MR) is 62.2 cm³/mol. The maximum atomic E-state index is 12.2. The van der Waals surface area contributed by atoms with Crippen LogP contribution in [0.25, 0.3) is 0 Å². The van der Waals surface area contributed by atoms with Gasteiger partial charge < -0.3 is 9.84 Å². The summed E-state index contributed by atoms with van der Waals surface area (Å²) in [6.45, 7) is 2.24. The number of ether oxygens (including phenoxy) is 1. The van der Waals surface area contributed by atoms with Crippen molar-refractivity contribution in [1.82, 2.24) is 4.31 Å². The Kier molecular flexibility index (Phi) is 4.91. The fourth-order valence-corrected chi connectivity index (χ4v) is 3.75. The largest absolute Gasteiger partial charge is 0.480 e. The first-order valence-corrected chi connectivity index (χ1v) is 7.14. The van der Waals surface area contributed by atoms with E-state index in [1.807, 2.05) is 0 Å². The van der Waals surface area contributed by atoms with Gasteiger partial charge in [-0.1, -0.05) is 0 Å². The molecule has 6 nitrogen and oxygen atoms in total. The summed E-state index contributed by atoms with van der Waals surface area (Å²) in [6.07, 6.45) is 1.38. The number of methoxy groups -OCH3 is 1. The number of sulfonamides is 1. The first kappa shape index (κ1) is 14.4. The third-order valence-electron chi connectivity index (χ3n) is 3.05. The van der Waals surface area contributed by atoms with Gasteiger partial charge in [-0.3, -0.25) is 4.79 Å². The molecule has 1 heterocycles. The zero-order valence-corrected chi connectivity index (χ0v) is 10.9. The molecule has 1 fully saturated rings. The number of carboxylic acid groups (broad SMARTS) is 1. The first-order valence-electron chi connectivity index (χ1n) is 5.63. The Hall–Kier alpha value is -0.660. The van der Waals surface area contributed by atoms with Gasteiger partial charge in [-0.2, -0.15) is 4.31 Å². The zero-order valence-electron chi connectivity index (χ0n) is 10.1. The van der Waals surface area contributed by atoms with Gasteiger partial charge in [-0.05, 0) is 26.2 Å². The average Bonchev–Trinajstić information content (AvgIpc) is 2.75. The maximum absolute atomic E-state index is 12.2. The van der Waals surface area contributed by atoms with Crippen LogP contribution in [0.15, 0.2) is 0 Å². The molecular weight excluding hydrogens is 246 g/mol. The number of hydrogen-bond acceptors (Lipinski definition) is 4. The van der Waals surface area contributed by atoms with Crippen molar-refractivity contribution in [2.75, 3.05) is 20.3 Å². The highest BCUT2D eigenvalue weighted by Crippen LogP contribution is 2.24. The topological polar surface area (TPSA) is 83.9 Å². The Bertz CT molecular complexity index is 367. The smallest absolute Gasteiger partial charge is 0.322 e. The molecule has 0 aromatic carbocycles. The molecule has 0 aromatic heterocycles. The Morgan fingerprint density at radius 2 is 2.24 bits per heavy atom. The highest BCUT2D eigenvalue weighted by molar-refractivity contribution is 7.89. The third kappa shape index (κ3) is 3.17. The van der Waals surface area contributed by atoms with Crippen LogP contribution in [0.2, 0.25) is 0 Å². The van der Waals surface area contributed by atoms with Crippen molar-refractivity contribution in [3.05, 3.63) is 0 Å². The van der Waals surface area contributed by atoms with Crippen molar-refractivity contribution in [2.24, 2.45) is 0 Å². The Morgan fingerprint density at radius 1 is 1.59 bits per heavy atom. The second-order valence-corrected chi connectivity index (χ2v) is 6.55. The number of carbonyl (C=O) groups is 1. The van der Waals surface area contributed by atoms with E-state index in [2.05, 4.69) is 0 Å². The number of hydrogen-bond donors (Lipinski definition) is 1. The van der Waals surface area contributed by atoms with Gasteiger partial charge in [0.25, 0.3) is 0 Å². The number of carboxylic acids is 1. The fourth-order valence-electron chi connectivity index (χ4n) is 1.96. The van der Waals surface area contributed by atoms with Gasteiger partial charge in [0.2, 0.25) is 10.0 Å². The van der Waals surface area contributed by atoms with Crippen LogP contribution >= 0.6 is 0 Å². The maximum Gasteiger partial charge on any atom is 0.322 e. The molecule has 2 unspecified atom stereocenters. The van der Waals surface area contributed by atoms with Crippen molar-refractivity contribution >= 4 is 16.0 Å². The summed E-state index contributed by atoms with van der Waals surface area (Å²) < 4.78 is 30.3. The van der Waals surface area contributed by atoms with Gasteiger partial charge in [0.1, 0.15) is 6.04 Å².